The number of aliphatic hydroxyl groups excluding tert-OH is 2. The normalized spacial score (nSPS) is 14.8. The van der Waals surface area contributed by atoms with Crippen LogP contribution in [0.1, 0.15) is 18.1 Å². The lowest BCUT2D eigenvalue weighted by atomic mass is 10.0. The van der Waals surface area contributed by atoms with Gasteiger partial charge in [0.05, 0.1) is 6.10 Å². The lowest BCUT2D eigenvalue weighted by Gasteiger charge is -2.17. The number of H-pyrrole nitrogens is 1. The van der Waals surface area contributed by atoms with Gasteiger partial charge in [-0.2, -0.15) is 12.6 Å². The van der Waals surface area contributed by atoms with Crippen molar-refractivity contribution in [1.82, 2.24) is 4.98 Å². The number of rotatable bonds is 4. The molecule has 4 heteroatoms. The third-order valence-corrected chi connectivity index (χ3v) is 3.92. The first-order chi connectivity index (χ1) is 9.70. The number of aromatic nitrogens is 1. The van der Waals surface area contributed by atoms with Crippen molar-refractivity contribution in [3.63, 3.8) is 0 Å². The Morgan fingerprint density at radius 2 is 1.75 bits per heavy atom. The fourth-order valence-corrected chi connectivity index (χ4v) is 2.83. The largest absolute Gasteiger partial charge is 0.390 e. The van der Waals surface area contributed by atoms with Crippen molar-refractivity contribution in [2.75, 3.05) is 5.75 Å². The number of hydrogen-bond acceptors (Lipinski definition) is 3. The van der Waals surface area contributed by atoms with Crippen molar-refractivity contribution in [2.45, 2.75) is 18.6 Å². The van der Waals surface area contributed by atoms with E-state index in [-0.39, 0.29) is 0 Å². The number of benzene rings is 2. The molecular formula is C16H17NO2S. The van der Waals surface area contributed by atoms with Crippen LogP contribution < -0.4 is 0 Å². The second kappa shape index (κ2) is 5.48. The van der Waals surface area contributed by atoms with Gasteiger partial charge >= 0.3 is 0 Å². The summed E-state index contributed by atoms with van der Waals surface area (Å²) in [5.41, 5.74) is 2.77. The van der Waals surface area contributed by atoms with Crippen molar-refractivity contribution in [3.05, 3.63) is 48.0 Å². The second-order valence-corrected chi connectivity index (χ2v) is 5.45. The minimum absolute atomic E-state index is 0.467. The molecule has 3 nitrogen and oxygen atoms in total. The Balaban J connectivity index is 2.04. The molecule has 1 aromatic heterocycles. The summed E-state index contributed by atoms with van der Waals surface area (Å²) < 4.78 is 0. The van der Waals surface area contributed by atoms with Gasteiger partial charge in [0, 0.05) is 21.8 Å². The second-order valence-electron chi connectivity index (χ2n) is 5.00. The minimum atomic E-state index is -0.877. The average molecular weight is 287 g/mol. The number of para-hydroxylation sites is 1. The number of fused-ring (bicyclic) bond motifs is 3. The maximum absolute atomic E-state index is 10.2. The third kappa shape index (κ3) is 2.30. The highest BCUT2D eigenvalue weighted by Crippen LogP contribution is 2.28. The molecule has 2 aromatic carbocycles. The molecule has 104 valence electrons. The van der Waals surface area contributed by atoms with Crippen LogP contribution in [0.5, 0.6) is 0 Å². The van der Waals surface area contributed by atoms with Gasteiger partial charge in [-0.25, -0.2) is 0 Å². The van der Waals surface area contributed by atoms with Gasteiger partial charge in [0.2, 0.25) is 0 Å². The van der Waals surface area contributed by atoms with Gasteiger partial charge in [0.1, 0.15) is 6.10 Å². The lowest BCUT2D eigenvalue weighted by molar-refractivity contribution is 0.0173. The molecule has 1 heterocycles. The van der Waals surface area contributed by atoms with E-state index in [4.69, 9.17) is 0 Å². The number of hydrogen-bond donors (Lipinski definition) is 4. The summed E-state index contributed by atoms with van der Waals surface area (Å²) >= 11 is 4.08. The Morgan fingerprint density at radius 3 is 2.55 bits per heavy atom. The van der Waals surface area contributed by atoms with Crippen molar-refractivity contribution in [3.8, 4) is 0 Å². The molecule has 0 saturated carbocycles. The van der Waals surface area contributed by atoms with Gasteiger partial charge in [0.25, 0.3) is 0 Å². The fraction of sp³-hybridized carbons (Fsp3) is 0.250. The molecule has 0 saturated heterocycles. The Labute approximate surface area is 122 Å². The van der Waals surface area contributed by atoms with Crippen LogP contribution in [-0.2, 0) is 0 Å². The van der Waals surface area contributed by atoms with Crippen LogP contribution in [-0.4, -0.2) is 27.1 Å². The van der Waals surface area contributed by atoms with E-state index < -0.39 is 12.2 Å². The first-order valence-corrected chi connectivity index (χ1v) is 7.31. The summed E-state index contributed by atoms with van der Waals surface area (Å²) in [6.07, 6.45) is -1.19. The highest BCUT2D eigenvalue weighted by Gasteiger charge is 2.18. The minimum Gasteiger partial charge on any atom is -0.390 e. The van der Waals surface area contributed by atoms with Gasteiger partial charge in [-0.05, 0) is 29.9 Å². The highest BCUT2D eigenvalue weighted by molar-refractivity contribution is 7.80. The van der Waals surface area contributed by atoms with E-state index in [2.05, 4.69) is 23.7 Å². The van der Waals surface area contributed by atoms with Gasteiger partial charge < -0.3 is 15.2 Å². The summed E-state index contributed by atoms with van der Waals surface area (Å²) in [4.78, 5) is 3.34. The molecule has 2 unspecified atom stereocenters. The molecule has 0 radical (unpaired) electrons. The van der Waals surface area contributed by atoms with Crippen molar-refractivity contribution in [2.24, 2.45) is 0 Å². The van der Waals surface area contributed by atoms with Crippen molar-refractivity contribution in [1.29, 1.82) is 0 Å². The molecular weight excluding hydrogens is 270 g/mol. The fourth-order valence-electron chi connectivity index (χ4n) is 2.57. The summed E-state index contributed by atoms with van der Waals surface area (Å²) in [6.45, 7) is 0. The van der Waals surface area contributed by atoms with E-state index in [1.807, 2.05) is 36.4 Å². The summed E-state index contributed by atoms with van der Waals surface area (Å²) in [6, 6.07) is 13.9. The number of thiol groups is 1. The van der Waals surface area contributed by atoms with Crippen LogP contribution in [0, 0.1) is 0 Å². The van der Waals surface area contributed by atoms with E-state index in [1.54, 1.807) is 0 Å². The molecule has 3 rings (SSSR count). The molecule has 0 aliphatic carbocycles. The molecule has 0 spiro atoms. The van der Waals surface area contributed by atoms with Crippen LogP contribution >= 0.6 is 12.6 Å². The summed E-state index contributed by atoms with van der Waals surface area (Å²) in [7, 11) is 0. The molecule has 0 aliphatic rings. The molecule has 0 amide bonds. The van der Waals surface area contributed by atoms with Crippen molar-refractivity contribution < 1.29 is 10.2 Å². The molecule has 0 bridgehead atoms. The molecule has 2 atom stereocenters. The van der Waals surface area contributed by atoms with Crippen molar-refractivity contribution >= 4 is 34.4 Å². The zero-order valence-corrected chi connectivity index (χ0v) is 11.8. The van der Waals surface area contributed by atoms with Crippen LogP contribution in [0.3, 0.4) is 0 Å². The van der Waals surface area contributed by atoms with Crippen LogP contribution in [0.2, 0.25) is 0 Å². The standard InChI is InChI=1S/C16H17NO2S/c18-15(7-8-20)16(19)10-5-6-12-11-3-1-2-4-13(11)17-14(12)9-10/h1-6,9,15-20H,7-8H2. The first-order valence-electron chi connectivity index (χ1n) is 6.68. The van der Waals surface area contributed by atoms with E-state index >= 15 is 0 Å². The zero-order valence-electron chi connectivity index (χ0n) is 11.0. The Hall–Kier alpha value is -1.49. The van der Waals surface area contributed by atoms with E-state index in [0.29, 0.717) is 12.2 Å². The Morgan fingerprint density at radius 1 is 1.00 bits per heavy atom. The monoisotopic (exact) mass is 287 g/mol. The molecule has 3 aromatic rings. The van der Waals surface area contributed by atoms with Gasteiger partial charge in [-0.15, -0.1) is 0 Å². The maximum atomic E-state index is 10.2. The lowest BCUT2D eigenvalue weighted by Crippen LogP contribution is -2.18. The van der Waals surface area contributed by atoms with Crippen LogP contribution in [0.4, 0.5) is 0 Å². The van der Waals surface area contributed by atoms with Crippen LogP contribution in [0.15, 0.2) is 42.5 Å². The SMILES string of the molecule is OC(CCS)C(O)c1ccc2c(c1)[nH]c1ccccc12. The molecule has 3 N–H and O–H groups in total. The molecule has 20 heavy (non-hydrogen) atoms. The molecule has 0 fully saturated rings. The first kappa shape index (κ1) is 13.5. The zero-order chi connectivity index (χ0) is 14.1. The van der Waals surface area contributed by atoms with E-state index in [9.17, 15) is 10.2 Å². The molecule has 0 aliphatic heterocycles. The van der Waals surface area contributed by atoms with E-state index in [0.717, 1.165) is 22.0 Å². The predicted octanol–water partition coefficient (Wildman–Crippen LogP) is 3.04. The number of aliphatic hydroxyl groups is 2. The Kier molecular flexibility index (Phi) is 3.70. The van der Waals surface area contributed by atoms with Gasteiger partial charge in [-0.1, -0.05) is 30.3 Å². The number of nitrogens with one attached hydrogen (secondary N) is 1. The Bertz CT molecular complexity index is 738. The maximum Gasteiger partial charge on any atom is 0.105 e. The summed E-state index contributed by atoms with van der Waals surface area (Å²) in [5, 5.41) is 22.3. The third-order valence-electron chi connectivity index (χ3n) is 3.66. The van der Waals surface area contributed by atoms with E-state index in [1.165, 1.54) is 5.39 Å². The number of aromatic amines is 1. The smallest absolute Gasteiger partial charge is 0.105 e. The van der Waals surface area contributed by atoms with Crippen LogP contribution in [0.25, 0.3) is 21.8 Å². The van der Waals surface area contributed by atoms with Gasteiger partial charge in [0.15, 0.2) is 0 Å². The predicted molar refractivity (Wildman–Crippen MR) is 85.2 cm³/mol. The highest BCUT2D eigenvalue weighted by atomic mass is 32.1. The average Bonchev–Trinajstić information content (AvgIpc) is 2.84. The van der Waals surface area contributed by atoms with Gasteiger partial charge in [-0.3, -0.25) is 0 Å². The summed E-state index contributed by atoms with van der Waals surface area (Å²) in [5.74, 6) is 0.548. The quantitative estimate of drug-likeness (QED) is 0.558. The topological polar surface area (TPSA) is 56.2 Å².